The summed E-state index contributed by atoms with van der Waals surface area (Å²) in [6, 6.07) is 12.2. The van der Waals surface area contributed by atoms with Gasteiger partial charge in [0.1, 0.15) is 0 Å². The maximum Gasteiger partial charge on any atom is 0.276 e. The SMILES string of the molecule is C[C@@H](CCO)CCN(CC=Cc1ccccc1[N+](=O)[O-])S(=O)(=O)c1ccc(Cl)cc1. The number of nitro benzene ring substituents is 1. The molecule has 0 fully saturated rings. The quantitative estimate of drug-likeness (QED) is 0.403. The molecule has 1 N–H and O–H groups in total. The summed E-state index contributed by atoms with van der Waals surface area (Å²) in [5.74, 6) is 0.150. The third-order valence-electron chi connectivity index (χ3n) is 4.68. The van der Waals surface area contributed by atoms with Crippen molar-refractivity contribution in [2.75, 3.05) is 19.7 Å². The topological polar surface area (TPSA) is 101 Å². The average molecular weight is 453 g/mol. The van der Waals surface area contributed by atoms with Gasteiger partial charge in [0.05, 0.1) is 15.4 Å². The molecule has 0 heterocycles. The molecule has 0 radical (unpaired) electrons. The van der Waals surface area contributed by atoms with Crippen LogP contribution in [0.1, 0.15) is 25.3 Å². The Bertz CT molecular complexity index is 977. The minimum absolute atomic E-state index is 0.0440. The van der Waals surface area contributed by atoms with Crippen molar-refractivity contribution < 1.29 is 18.4 Å². The standard InChI is InChI=1S/C21H25ClN2O5S/c1-17(13-16-25)12-15-23(30(28,29)20-10-8-19(22)9-11-20)14-4-6-18-5-2-3-7-21(18)24(26)27/h2-11,17,25H,12-16H2,1H3/t17-/m1/s1. The fourth-order valence-corrected chi connectivity index (χ4v) is 4.42. The number of hydrogen-bond donors (Lipinski definition) is 1. The highest BCUT2D eigenvalue weighted by atomic mass is 35.5. The highest BCUT2D eigenvalue weighted by molar-refractivity contribution is 7.89. The van der Waals surface area contributed by atoms with E-state index >= 15 is 0 Å². The van der Waals surface area contributed by atoms with Crippen LogP contribution < -0.4 is 0 Å². The molecule has 0 aliphatic rings. The molecule has 162 valence electrons. The van der Waals surface area contributed by atoms with Crippen molar-refractivity contribution >= 4 is 33.4 Å². The van der Waals surface area contributed by atoms with Crippen LogP contribution in [0.3, 0.4) is 0 Å². The van der Waals surface area contributed by atoms with E-state index in [2.05, 4.69) is 0 Å². The number of rotatable bonds is 11. The van der Waals surface area contributed by atoms with Crippen molar-refractivity contribution in [2.45, 2.75) is 24.7 Å². The van der Waals surface area contributed by atoms with Gasteiger partial charge in [-0.05, 0) is 49.1 Å². The fraction of sp³-hybridized carbons (Fsp3) is 0.333. The van der Waals surface area contributed by atoms with Gasteiger partial charge in [-0.3, -0.25) is 10.1 Å². The Hall–Kier alpha value is -2.26. The highest BCUT2D eigenvalue weighted by Gasteiger charge is 2.24. The number of benzene rings is 2. The van der Waals surface area contributed by atoms with Crippen molar-refractivity contribution in [3.63, 3.8) is 0 Å². The van der Waals surface area contributed by atoms with Gasteiger partial charge in [0.15, 0.2) is 0 Å². The summed E-state index contributed by atoms with van der Waals surface area (Å²) in [7, 11) is -3.78. The van der Waals surface area contributed by atoms with Crippen LogP contribution in [-0.2, 0) is 10.0 Å². The Balaban J connectivity index is 2.25. The molecule has 0 saturated heterocycles. The molecule has 0 aliphatic carbocycles. The lowest BCUT2D eigenvalue weighted by atomic mass is 10.1. The van der Waals surface area contributed by atoms with Crippen LogP contribution in [0.4, 0.5) is 5.69 Å². The monoisotopic (exact) mass is 452 g/mol. The zero-order chi connectivity index (χ0) is 22.1. The predicted molar refractivity (Wildman–Crippen MR) is 118 cm³/mol. The van der Waals surface area contributed by atoms with Crippen molar-refractivity contribution in [2.24, 2.45) is 5.92 Å². The molecule has 2 aromatic carbocycles. The molecule has 7 nitrogen and oxygen atoms in total. The fourth-order valence-electron chi connectivity index (χ4n) is 2.89. The van der Waals surface area contributed by atoms with Gasteiger partial charge in [-0.2, -0.15) is 4.31 Å². The number of nitro groups is 1. The van der Waals surface area contributed by atoms with Crippen LogP contribution in [-0.4, -0.2) is 42.4 Å². The first-order valence-corrected chi connectivity index (χ1v) is 11.3. The second-order valence-electron chi connectivity index (χ2n) is 6.94. The summed E-state index contributed by atoms with van der Waals surface area (Å²) in [6.07, 6.45) is 4.32. The lowest BCUT2D eigenvalue weighted by molar-refractivity contribution is -0.385. The van der Waals surface area contributed by atoms with Gasteiger partial charge in [-0.1, -0.05) is 42.8 Å². The molecule has 0 amide bonds. The maximum absolute atomic E-state index is 13.1. The van der Waals surface area contributed by atoms with Crippen LogP contribution in [0.2, 0.25) is 5.02 Å². The maximum atomic E-state index is 13.1. The van der Waals surface area contributed by atoms with E-state index < -0.39 is 14.9 Å². The van der Waals surface area contributed by atoms with Crippen LogP contribution in [0.15, 0.2) is 59.5 Å². The van der Waals surface area contributed by atoms with Gasteiger partial charge in [0.2, 0.25) is 10.0 Å². The van der Waals surface area contributed by atoms with E-state index in [1.165, 1.54) is 34.6 Å². The Morgan fingerprint density at radius 3 is 2.47 bits per heavy atom. The van der Waals surface area contributed by atoms with Crippen molar-refractivity contribution in [3.8, 4) is 0 Å². The van der Waals surface area contributed by atoms with E-state index in [4.69, 9.17) is 16.7 Å². The van der Waals surface area contributed by atoms with Crippen LogP contribution in [0, 0.1) is 16.0 Å². The zero-order valence-corrected chi connectivity index (χ0v) is 18.2. The van der Waals surface area contributed by atoms with Gasteiger partial charge in [0.25, 0.3) is 5.69 Å². The number of para-hydroxylation sites is 1. The van der Waals surface area contributed by atoms with E-state index in [9.17, 15) is 18.5 Å². The molecule has 0 saturated carbocycles. The Morgan fingerprint density at radius 1 is 1.17 bits per heavy atom. The normalized spacial score (nSPS) is 13.1. The molecule has 0 aromatic heterocycles. The van der Waals surface area contributed by atoms with Crippen LogP contribution in [0.5, 0.6) is 0 Å². The number of aliphatic hydroxyl groups is 1. The molecule has 0 spiro atoms. The van der Waals surface area contributed by atoms with Gasteiger partial charge < -0.3 is 5.11 Å². The third-order valence-corrected chi connectivity index (χ3v) is 6.82. The molecule has 0 bridgehead atoms. The second-order valence-corrected chi connectivity index (χ2v) is 9.32. The lowest BCUT2D eigenvalue weighted by Crippen LogP contribution is -2.33. The van der Waals surface area contributed by atoms with E-state index in [1.54, 1.807) is 30.4 Å². The number of sulfonamides is 1. The minimum Gasteiger partial charge on any atom is -0.396 e. The molecule has 0 unspecified atom stereocenters. The largest absolute Gasteiger partial charge is 0.396 e. The molecular weight excluding hydrogens is 428 g/mol. The summed E-state index contributed by atoms with van der Waals surface area (Å²) in [4.78, 5) is 10.8. The molecule has 0 aliphatic heterocycles. The van der Waals surface area contributed by atoms with E-state index in [0.717, 1.165) is 0 Å². The van der Waals surface area contributed by atoms with Gasteiger partial charge in [-0.15, -0.1) is 0 Å². The average Bonchev–Trinajstić information content (AvgIpc) is 2.71. The van der Waals surface area contributed by atoms with Crippen LogP contribution >= 0.6 is 11.6 Å². The lowest BCUT2D eigenvalue weighted by Gasteiger charge is -2.22. The number of halogens is 1. The van der Waals surface area contributed by atoms with E-state index in [0.29, 0.717) is 23.4 Å². The van der Waals surface area contributed by atoms with E-state index in [1.807, 2.05) is 6.92 Å². The first-order valence-electron chi connectivity index (χ1n) is 9.52. The van der Waals surface area contributed by atoms with Crippen molar-refractivity contribution in [1.82, 2.24) is 4.31 Å². The Morgan fingerprint density at radius 2 is 1.83 bits per heavy atom. The van der Waals surface area contributed by atoms with Gasteiger partial charge >= 0.3 is 0 Å². The van der Waals surface area contributed by atoms with Crippen molar-refractivity contribution in [3.05, 3.63) is 75.3 Å². The Kier molecular flexibility index (Phi) is 8.98. The molecule has 2 rings (SSSR count). The first kappa shape index (κ1) is 24.0. The molecular formula is C21H25ClN2O5S. The number of aliphatic hydroxyl groups excluding tert-OH is 1. The van der Waals surface area contributed by atoms with Gasteiger partial charge in [-0.25, -0.2) is 8.42 Å². The summed E-state index contributed by atoms with van der Waals surface area (Å²) < 4.78 is 27.6. The highest BCUT2D eigenvalue weighted by Crippen LogP contribution is 2.22. The first-order chi connectivity index (χ1) is 14.3. The zero-order valence-electron chi connectivity index (χ0n) is 16.6. The summed E-state index contributed by atoms with van der Waals surface area (Å²) in [5.41, 5.74) is 0.359. The number of hydrogen-bond acceptors (Lipinski definition) is 5. The van der Waals surface area contributed by atoms with E-state index in [-0.39, 0.29) is 36.2 Å². The smallest absolute Gasteiger partial charge is 0.276 e. The number of nitrogens with zero attached hydrogens (tertiary/aromatic N) is 2. The molecule has 9 heteroatoms. The molecule has 1 atom stereocenters. The summed E-state index contributed by atoms with van der Waals surface area (Å²) in [5, 5.41) is 20.7. The summed E-state index contributed by atoms with van der Waals surface area (Å²) >= 11 is 5.87. The van der Waals surface area contributed by atoms with Gasteiger partial charge in [0, 0.05) is 30.8 Å². The minimum atomic E-state index is -3.78. The third kappa shape index (κ3) is 6.63. The second kappa shape index (κ2) is 11.2. The molecule has 30 heavy (non-hydrogen) atoms. The summed E-state index contributed by atoms with van der Waals surface area (Å²) in [6.45, 7) is 2.31. The predicted octanol–water partition coefficient (Wildman–Crippen LogP) is 4.36. The Labute approximate surface area is 181 Å². The molecule has 2 aromatic rings. The van der Waals surface area contributed by atoms with Crippen molar-refractivity contribution in [1.29, 1.82) is 0 Å². The van der Waals surface area contributed by atoms with Crippen LogP contribution in [0.25, 0.3) is 6.08 Å².